The summed E-state index contributed by atoms with van der Waals surface area (Å²) in [7, 11) is 0. The van der Waals surface area contributed by atoms with Crippen LogP contribution in [0.5, 0.6) is 0 Å². The molecule has 0 fully saturated rings. The zero-order valence-corrected chi connectivity index (χ0v) is 10.9. The van der Waals surface area contributed by atoms with Gasteiger partial charge in [-0.3, -0.25) is 0 Å². The van der Waals surface area contributed by atoms with Gasteiger partial charge in [-0.2, -0.15) is 0 Å². The van der Waals surface area contributed by atoms with E-state index < -0.39 is 0 Å². The molecular formula is C17H20. The Hall–Kier alpha value is -1.56. The molecule has 0 nitrogen and oxygen atoms in total. The minimum Gasteiger partial charge on any atom is -0.0642 e. The Morgan fingerprint density at radius 3 is 1.88 bits per heavy atom. The summed E-state index contributed by atoms with van der Waals surface area (Å²) in [5.74, 6) is 0. The summed E-state index contributed by atoms with van der Waals surface area (Å²) in [6, 6.07) is 19.7. The van der Waals surface area contributed by atoms with Gasteiger partial charge in [0.1, 0.15) is 0 Å². The van der Waals surface area contributed by atoms with Gasteiger partial charge < -0.3 is 0 Å². The molecule has 2 rings (SSSR count). The maximum absolute atomic E-state index is 2.33. The molecule has 0 saturated heterocycles. The Morgan fingerprint density at radius 1 is 0.824 bits per heavy atom. The fraction of sp³-hybridized carbons (Fsp3) is 0.294. The topological polar surface area (TPSA) is 0 Å². The van der Waals surface area contributed by atoms with Crippen LogP contribution in [0.25, 0.3) is 0 Å². The van der Waals surface area contributed by atoms with Crippen molar-refractivity contribution in [1.82, 2.24) is 0 Å². The second-order valence-electron chi connectivity index (χ2n) is 4.92. The second-order valence-corrected chi connectivity index (χ2v) is 4.92. The van der Waals surface area contributed by atoms with E-state index >= 15 is 0 Å². The molecule has 0 bridgehead atoms. The van der Waals surface area contributed by atoms with Gasteiger partial charge in [-0.05, 0) is 24.5 Å². The number of hydrogen-bond acceptors (Lipinski definition) is 0. The molecule has 0 heteroatoms. The maximum Gasteiger partial charge on any atom is 0.0172 e. The molecule has 0 heterocycles. The summed E-state index contributed by atoms with van der Waals surface area (Å²) >= 11 is 0. The van der Waals surface area contributed by atoms with E-state index in [0.717, 1.165) is 6.42 Å². The van der Waals surface area contributed by atoms with Crippen LogP contribution in [-0.2, 0) is 5.41 Å². The minimum atomic E-state index is 0.120. The molecule has 2 aromatic rings. The number of rotatable bonds is 3. The van der Waals surface area contributed by atoms with Gasteiger partial charge in [-0.15, -0.1) is 0 Å². The first-order valence-corrected chi connectivity index (χ1v) is 6.29. The van der Waals surface area contributed by atoms with E-state index in [2.05, 4.69) is 75.4 Å². The Labute approximate surface area is 104 Å². The molecule has 2 aromatic carbocycles. The molecule has 0 aromatic heterocycles. The minimum absolute atomic E-state index is 0.120. The van der Waals surface area contributed by atoms with Crippen molar-refractivity contribution in [3.05, 3.63) is 71.3 Å². The predicted molar refractivity (Wildman–Crippen MR) is 74.4 cm³/mol. The van der Waals surface area contributed by atoms with E-state index in [1.54, 1.807) is 0 Å². The van der Waals surface area contributed by atoms with Gasteiger partial charge in [0.05, 0.1) is 0 Å². The van der Waals surface area contributed by atoms with Crippen LogP contribution >= 0.6 is 0 Å². The fourth-order valence-corrected chi connectivity index (χ4v) is 2.30. The molecule has 0 N–H and O–H groups in total. The van der Waals surface area contributed by atoms with E-state index in [1.807, 2.05) is 0 Å². The van der Waals surface area contributed by atoms with Crippen LogP contribution in [0, 0.1) is 6.92 Å². The van der Waals surface area contributed by atoms with Gasteiger partial charge in [0.15, 0.2) is 0 Å². The molecule has 0 spiro atoms. The Kier molecular flexibility index (Phi) is 3.33. The van der Waals surface area contributed by atoms with Crippen molar-refractivity contribution in [1.29, 1.82) is 0 Å². The summed E-state index contributed by atoms with van der Waals surface area (Å²) in [6.45, 7) is 6.72. The van der Waals surface area contributed by atoms with Crippen LogP contribution in [0.4, 0.5) is 0 Å². The first-order valence-electron chi connectivity index (χ1n) is 6.29. The average Bonchev–Trinajstić information content (AvgIpc) is 2.40. The van der Waals surface area contributed by atoms with Crippen LogP contribution in [0.2, 0.25) is 0 Å². The van der Waals surface area contributed by atoms with Crippen LogP contribution in [0.3, 0.4) is 0 Å². The van der Waals surface area contributed by atoms with E-state index in [9.17, 15) is 0 Å². The number of benzene rings is 2. The lowest BCUT2D eigenvalue weighted by atomic mass is 9.74. The summed E-state index contributed by atoms with van der Waals surface area (Å²) in [4.78, 5) is 0. The molecule has 88 valence electrons. The molecule has 1 unspecified atom stereocenters. The van der Waals surface area contributed by atoms with Gasteiger partial charge in [0, 0.05) is 5.41 Å². The molecular weight excluding hydrogens is 204 g/mol. The van der Waals surface area contributed by atoms with Crippen molar-refractivity contribution in [2.24, 2.45) is 0 Å². The third kappa shape index (κ3) is 2.26. The summed E-state index contributed by atoms with van der Waals surface area (Å²) < 4.78 is 0. The zero-order valence-electron chi connectivity index (χ0n) is 10.9. The van der Waals surface area contributed by atoms with Gasteiger partial charge in [0.2, 0.25) is 0 Å². The molecule has 0 amide bonds. The van der Waals surface area contributed by atoms with Crippen LogP contribution in [0.15, 0.2) is 54.6 Å². The Morgan fingerprint density at radius 2 is 1.35 bits per heavy atom. The quantitative estimate of drug-likeness (QED) is 0.708. The van der Waals surface area contributed by atoms with Gasteiger partial charge in [-0.1, -0.05) is 74.0 Å². The first kappa shape index (κ1) is 11.9. The first-order chi connectivity index (χ1) is 8.16. The lowest BCUT2D eigenvalue weighted by Gasteiger charge is -2.29. The molecule has 1 atom stereocenters. The number of aryl methyl sites for hydroxylation is 1. The third-order valence-corrected chi connectivity index (χ3v) is 3.81. The number of hydrogen-bond donors (Lipinski definition) is 0. The van der Waals surface area contributed by atoms with Crippen LogP contribution in [-0.4, -0.2) is 0 Å². The van der Waals surface area contributed by atoms with Crippen molar-refractivity contribution in [2.45, 2.75) is 32.6 Å². The molecule has 0 aliphatic rings. The summed E-state index contributed by atoms with van der Waals surface area (Å²) in [6.07, 6.45) is 1.11. The second kappa shape index (κ2) is 4.75. The highest BCUT2D eigenvalue weighted by atomic mass is 14.3. The van der Waals surface area contributed by atoms with Crippen LogP contribution in [0.1, 0.15) is 37.0 Å². The van der Waals surface area contributed by atoms with Crippen molar-refractivity contribution >= 4 is 0 Å². The van der Waals surface area contributed by atoms with Crippen molar-refractivity contribution in [3.63, 3.8) is 0 Å². The predicted octanol–water partition coefficient (Wildman–Crippen LogP) is 4.71. The average molecular weight is 224 g/mol. The SMILES string of the molecule is CCC(C)(c1ccccc1)c1ccc(C)cc1. The highest BCUT2D eigenvalue weighted by Crippen LogP contribution is 2.34. The van der Waals surface area contributed by atoms with E-state index in [0.29, 0.717) is 0 Å². The molecule has 17 heavy (non-hydrogen) atoms. The smallest absolute Gasteiger partial charge is 0.0172 e. The van der Waals surface area contributed by atoms with Crippen molar-refractivity contribution < 1.29 is 0 Å². The van der Waals surface area contributed by atoms with E-state index in [4.69, 9.17) is 0 Å². The molecule has 0 radical (unpaired) electrons. The zero-order chi connectivity index (χ0) is 12.3. The summed E-state index contributed by atoms with van der Waals surface area (Å²) in [5.41, 5.74) is 4.23. The lowest BCUT2D eigenvalue weighted by molar-refractivity contribution is 0.550. The Bertz CT molecular complexity index is 467. The van der Waals surface area contributed by atoms with Crippen molar-refractivity contribution in [3.8, 4) is 0 Å². The largest absolute Gasteiger partial charge is 0.0642 e. The van der Waals surface area contributed by atoms with E-state index in [-0.39, 0.29) is 5.41 Å². The molecule has 0 aliphatic carbocycles. The monoisotopic (exact) mass is 224 g/mol. The van der Waals surface area contributed by atoms with Crippen LogP contribution < -0.4 is 0 Å². The molecule has 0 aliphatic heterocycles. The Balaban J connectivity index is 2.48. The van der Waals surface area contributed by atoms with Gasteiger partial charge in [-0.25, -0.2) is 0 Å². The highest BCUT2D eigenvalue weighted by molar-refractivity contribution is 5.39. The van der Waals surface area contributed by atoms with Crippen molar-refractivity contribution in [2.75, 3.05) is 0 Å². The fourth-order valence-electron chi connectivity index (χ4n) is 2.30. The van der Waals surface area contributed by atoms with Gasteiger partial charge >= 0.3 is 0 Å². The normalized spacial score (nSPS) is 14.3. The maximum atomic E-state index is 2.33. The summed E-state index contributed by atoms with van der Waals surface area (Å²) in [5, 5.41) is 0. The lowest BCUT2D eigenvalue weighted by Crippen LogP contribution is -2.22. The third-order valence-electron chi connectivity index (χ3n) is 3.81. The standard InChI is InChI=1S/C17H20/c1-4-17(3,15-8-6-5-7-9-15)16-12-10-14(2)11-13-16/h5-13H,4H2,1-3H3. The van der Waals surface area contributed by atoms with Gasteiger partial charge in [0.25, 0.3) is 0 Å². The van der Waals surface area contributed by atoms with E-state index in [1.165, 1.54) is 16.7 Å². The highest BCUT2D eigenvalue weighted by Gasteiger charge is 2.26. The molecule has 0 saturated carbocycles.